The number of hydrogen-bond acceptors (Lipinski definition) is 4. The quantitative estimate of drug-likeness (QED) is 0.381. The lowest BCUT2D eigenvalue weighted by Gasteiger charge is -2.14. The van der Waals surface area contributed by atoms with Crippen LogP contribution in [0.2, 0.25) is 0 Å². The van der Waals surface area contributed by atoms with Crippen LogP contribution >= 0.6 is 0 Å². The molecule has 1 aliphatic heterocycles. The number of carbonyl (C=O) groups is 1. The minimum atomic E-state index is -0.501. The Morgan fingerprint density at radius 2 is 2.00 bits per heavy atom. The second-order valence-electron chi connectivity index (χ2n) is 8.93. The van der Waals surface area contributed by atoms with Crippen LogP contribution in [0.5, 0.6) is 5.75 Å². The van der Waals surface area contributed by atoms with Crippen LogP contribution in [0.3, 0.4) is 0 Å². The molecule has 2 heterocycles. The second-order valence-corrected chi connectivity index (χ2v) is 8.93. The smallest absolute Gasteiger partial charge is 0.250 e. The molecule has 0 fully saturated rings. The fraction of sp³-hybridized carbons (Fsp3) is 0.207. The molecule has 0 radical (unpaired) electrons. The van der Waals surface area contributed by atoms with Crippen molar-refractivity contribution in [2.45, 2.75) is 39.8 Å². The molecule has 3 aromatic carbocycles. The number of rotatable bonds is 5. The number of imidazole rings is 1. The van der Waals surface area contributed by atoms with Crippen LogP contribution in [0.4, 0.5) is 4.39 Å². The monoisotopic (exact) mass is 480 g/mol. The number of ether oxygens (including phenoxy) is 1. The van der Waals surface area contributed by atoms with Crippen molar-refractivity contribution in [1.29, 1.82) is 5.26 Å². The number of primary amides is 1. The van der Waals surface area contributed by atoms with Crippen molar-refractivity contribution in [2.75, 3.05) is 0 Å². The summed E-state index contributed by atoms with van der Waals surface area (Å²) >= 11 is 0. The standard InChI is InChI=1S/C29H25FN4O2/c1-3-5-26-33-28-23(29(32)35)6-4-7-24(28)34(26)15-18-8-10-21-19(12-18)16-36-25-13-20(30)9-11-22(25)27(21)17(2)14-31/h4,6-13H,3,5,15-16H2,1-2H3,(H2,32,35). The number of nitrogens with zero attached hydrogens (tertiary/aromatic N) is 3. The highest BCUT2D eigenvalue weighted by Crippen LogP contribution is 2.39. The number of para-hydroxylation sites is 1. The average molecular weight is 481 g/mol. The van der Waals surface area contributed by atoms with Crippen LogP contribution in [-0.2, 0) is 19.6 Å². The number of carbonyl (C=O) groups excluding carboxylic acids is 1. The van der Waals surface area contributed by atoms with Crippen LogP contribution in [0, 0.1) is 17.1 Å². The highest BCUT2D eigenvalue weighted by molar-refractivity contribution is 6.04. The summed E-state index contributed by atoms with van der Waals surface area (Å²) in [5, 5.41) is 9.69. The summed E-state index contributed by atoms with van der Waals surface area (Å²) in [5.74, 6) is 0.414. The minimum absolute atomic E-state index is 0.250. The third-order valence-corrected chi connectivity index (χ3v) is 6.52. The number of nitriles is 1. The Balaban J connectivity index is 1.61. The normalized spacial score (nSPS) is 13.8. The molecule has 0 saturated carbocycles. The van der Waals surface area contributed by atoms with E-state index in [0.717, 1.165) is 46.4 Å². The van der Waals surface area contributed by atoms with Gasteiger partial charge in [0.25, 0.3) is 5.91 Å². The predicted molar refractivity (Wildman–Crippen MR) is 136 cm³/mol. The summed E-state index contributed by atoms with van der Waals surface area (Å²) in [4.78, 5) is 16.7. The minimum Gasteiger partial charge on any atom is -0.488 e. The van der Waals surface area contributed by atoms with Crippen molar-refractivity contribution in [3.05, 3.63) is 99.6 Å². The van der Waals surface area contributed by atoms with Gasteiger partial charge < -0.3 is 15.0 Å². The first kappa shape index (κ1) is 23.3. The molecular weight excluding hydrogens is 455 g/mol. The van der Waals surface area contributed by atoms with Crippen LogP contribution in [0.1, 0.15) is 58.7 Å². The van der Waals surface area contributed by atoms with Crippen molar-refractivity contribution < 1.29 is 13.9 Å². The molecule has 0 spiro atoms. The lowest BCUT2D eigenvalue weighted by Crippen LogP contribution is -2.11. The van der Waals surface area contributed by atoms with Crippen LogP contribution < -0.4 is 10.5 Å². The average Bonchev–Trinajstić information content (AvgIpc) is 3.12. The van der Waals surface area contributed by atoms with Gasteiger partial charge in [-0.15, -0.1) is 0 Å². The maximum atomic E-state index is 13.9. The summed E-state index contributed by atoms with van der Waals surface area (Å²) < 4.78 is 22.1. The molecule has 0 saturated heterocycles. The Morgan fingerprint density at radius 1 is 1.19 bits per heavy atom. The Bertz CT molecular complexity index is 1590. The first-order chi connectivity index (χ1) is 17.4. The van der Waals surface area contributed by atoms with Gasteiger partial charge in [-0.3, -0.25) is 4.79 Å². The van der Waals surface area contributed by atoms with Gasteiger partial charge in [-0.2, -0.15) is 5.26 Å². The van der Waals surface area contributed by atoms with Gasteiger partial charge in [0.2, 0.25) is 0 Å². The fourth-order valence-electron chi connectivity index (χ4n) is 4.86. The predicted octanol–water partition coefficient (Wildman–Crippen LogP) is 5.51. The number of nitrogens with two attached hydrogens (primary N) is 1. The summed E-state index contributed by atoms with van der Waals surface area (Å²) in [6, 6.07) is 18.2. The van der Waals surface area contributed by atoms with E-state index in [2.05, 4.69) is 23.6 Å². The van der Waals surface area contributed by atoms with Crippen molar-refractivity contribution in [3.8, 4) is 11.8 Å². The number of aryl methyl sites for hydroxylation is 1. The van der Waals surface area contributed by atoms with Gasteiger partial charge >= 0.3 is 0 Å². The Kier molecular flexibility index (Phi) is 6.03. The van der Waals surface area contributed by atoms with E-state index in [0.29, 0.717) is 34.5 Å². The third-order valence-electron chi connectivity index (χ3n) is 6.52. The molecule has 36 heavy (non-hydrogen) atoms. The molecule has 5 rings (SSSR count). The van der Waals surface area contributed by atoms with Crippen LogP contribution in [-0.4, -0.2) is 15.5 Å². The lowest BCUT2D eigenvalue weighted by molar-refractivity contribution is 0.100. The summed E-state index contributed by atoms with van der Waals surface area (Å²) in [7, 11) is 0. The largest absolute Gasteiger partial charge is 0.488 e. The summed E-state index contributed by atoms with van der Waals surface area (Å²) in [6.45, 7) is 4.64. The Labute approximate surface area is 208 Å². The molecule has 0 atom stereocenters. The zero-order valence-corrected chi connectivity index (χ0v) is 20.1. The molecular formula is C29H25FN4O2. The van der Waals surface area contributed by atoms with Gasteiger partial charge in [0, 0.05) is 35.7 Å². The number of amides is 1. The van der Waals surface area contributed by atoms with E-state index in [4.69, 9.17) is 15.5 Å². The number of aromatic nitrogens is 2. The number of hydrogen-bond donors (Lipinski definition) is 1. The maximum absolute atomic E-state index is 13.9. The highest BCUT2D eigenvalue weighted by Gasteiger charge is 2.23. The Hall–Kier alpha value is -4.44. The molecule has 1 aromatic heterocycles. The van der Waals surface area contributed by atoms with E-state index in [1.807, 2.05) is 24.3 Å². The van der Waals surface area contributed by atoms with E-state index < -0.39 is 5.91 Å². The van der Waals surface area contributed by atoms with Crippen molar-refractivity contribution >= 4 is 22.5 Å². The maximum Gasteiger partial charge on any atom is 0.250 e. The van der Waals surface area contributed by atoms with E-state index in [1.165, 1.54) is 12.1 Å². The van der Waals surface area contributed by atoms with Crippen molar-refractivity contribution in [3.63, 3.8) is 0 Å². The highest BCUT2D eigenvalue weighted by atomic mass is 19.1. The fourth-order valence-corrected chi connectivity index (χ4v) is 4.86. The van der Waals surface area contributed by atoms with E-state index in [9.17, 15) is 14.4 Å². The van der Waals surface area contributed by atoms with E-state index >= 15 is 0 Å². The molecule has 2 N–H and O–H groups in total. The molecule has 180 valence electrons. The van der Waals surface area contributed by atoms with Gasteiger partial charge in [0.1, 0.15) is 29.5 Å². The van der Waals surface area contributed by atoms with Gasteiger partial charge in [-0.1, -0.05) is 25.1 Å². The SMILES string of the molecule is CCCc1nc2c(C(N)=O)cccc2n1Cc1ccc2c(c1)COc1cc(F)ccc1C2=C(C)C#N. The molecule has 0 bridgehead atoms. The molecule has 1 amide bonds. The van der Waals surface area contributed by atoms with Gasteiger partial charge in [0.05, 0.1) is 17.1 Å². The number of allylic oxidation sites excluding steroid dienone is 1. The molecule has 4 aromatic rings. The van der Waals surface area contributed by atoms with Gasteiger partial charge in [-0.25, -0.2) is 9.37 Å². The molecule has 1 aliphatic rings. The lowest BCUT2D eigenvalue weighted by atomic mass is 9.90. The van der Waals surface area contributed by atoms with Crippen molar-refractivity contribution in [1.82, 2.24) is 9.55 Å². The molecule has 7 heteroatoms. The topological polar surface area (TPSA) is 93.9 Å². The van der Waals surface area contributed by atoms with E-state index in [-0.39, 0.29) is 12.4 Å². The van der Waals surface area contributed by atoms with Gasteiger partial charge in [-0.05, 0) is 60.4 Å². The number of halogens is 1. The van der Waals surface area contributed by atoms with Crippen LogP contribution in [0.15, 0.2) is 60.2 Å². The third kappa shape index (κ3) is 4.01. The van der Waals surface area contributed by atoms with Gasteiger partial charge in [0.15, 0.2) is 0 Å². The number of fused-ring (bicyclic) bond motifs is 3. The van der Waals surface area contributed by atoms with E-state index in [1.54, 1.807) is 19.1 Å². The molecule has 0 unspecified atom stereocenters. The zero-order chi connectivity index (χ0) is 25.4. The second kappa shape index (κ2) is 9.31. The summed E-state index contributed by atoms with van der Waals surface area (Å²) in [6.07, 6.45) is 1.67. The number of benzene rings is 3. The molecule has 6 nitrogen and oxygen atoms in total. The zero-order valence-electron chi connectivity index (χ0n) is 20.1. The Morgan fingerprint density at radius 3 is 2.75 bits per heavy atom. The summed E-state index contributed by atoms with van der Waals surface area (Å²) in [5.41, 5.74) is 12.3. The molecule has 0 aliphatic carbocycles. The first-order valence-electron chi connectivity index (χ1n) is 11.8. The van der Waals surface area contributed by atoms with Crippen molar-refractivity contribution in [2.24, 2.45) is 5.73 Å². The first-order valence-corrected chi connectivity index (χ1v) is 11.8. The van der Waals surface area contributed by atoms with Crippen LogP contribution in [0.25, 0.3) is 16.6 Å².